The van der Waals surface area contributed by atoms with Crippen molar-refractivity contribution in [2.24, 2.45) is 5.73 Å². The Kier molecular flexibility index (Phi) is 8.37. The molecule has 1 heterocycles. The summed E-state index contributed by atoms with van der Waals surface area (Å²) in [6, 6.07) is 5.04. The van der Waals surface area contributed by atoms with Gasteiger partial charge in [0.05, 0.1) is 11.0 Å². The highest BCUT2D eigenvalue weighted by atomic mass is 35.5. The zero-order valence-electron chi connectivity index (χ0n) is 13.8. The molecule has 1 aromatic carbocycles. The van der Waals surface area contributed by atoms with Crippen molar-refractivity contribution in [2.45, 2.75) is 29.9 Å². The van der Waals surface area contributed by atoms with Crippen LogP contribution in [0, 0.1) is 10.1 Å². The molecule has 1 aromatic rings. The molecule has 2 atom stereocenters. The molecule has 1 amide bonds. The number of sulfonamides is 1. The van der Waals surface area contributed by atoms with Crippen molar-refractivity contribution in [3.63, 3.8) is 0 Å². The van der Waals surface area contributed by atoms with Crippen LogP contribution < -0.4 is 15.8 Å². The second kappa shape index (κ2) is 9.78. The van der Waals surface area contributed by atoms with Gasteiger partial charge in [0.2, 0.25) is 15.9 Å². The largest absolute Gasteiger partial charge is 0.364 e. The number of rotatable bonds is 8. The van der Waals surface area contributed by atoms with Gasteiger partial charge in [-0.1, -0.05) is 12.1 Å². The van der Waals surface area contributed by atoms with Crippen molar-refractivity contribution >= 4 is 34.0 Å². The molecule has 1 aliphatic rings. The van der Waals surface area contributed by atoms with Crippen LogP contribution in [0.4, 0.5) is 5.69 Å². The van der Waals surface area contributed by atoms with Crippen molar-refractivity contribution in [1.29, 1.82) is 0 Å². The molecule has 0 aromatic heterocycles. The van der Waals surface area contributed by atoms with Gasteiger partial charge in [-0.05, 0) is 18.9 Å². The van der Waals surface area contributed by atoms with Gasteiger partial charge >= 0.3 is 0 Å². The van der Waals surface area contributed by atoms with Crippen LogP contribution in [-0.2, 0) is 19.6 Å². The quantitative estimate of drug-likeness (QED) is 0.308. The number of carbonyl (C=O) groups excluding carboxylic acids is 1. The van der Waals surface area contributed by atoms with E-state index in [-0.39, 0.29) is 37.5 Å². The van der Waals surface area contributed by atoms with Crippen molar-refractivity contribution in [3.05, 3.63) is 34.4 Å². The summed E-state index contributed by atoms with van der Waals surface area (Å²) >= 11 is 0. The summed E-state index contributed by atoms with van der Waals surface area (Å²) < 4.78 is 32.0. The van der Waals surface area contributed by atoms with E-state index in [1.54, 1.807) is 0 Å². The number of carbonyl (C=O) groups is 1. The molecule has 4 N–H and O–H groups in total. The fourth-order valence-corrected chi connectivity index (χ4v) is 3.67. The van der Waals surface area contributed by atoms with Gasteiger partial charge in [-0.3, -0.25) is 14.9 Å². The first-order chi connectivity index (χ1) is 11.8. The Labute approximate surface area is 157 Å². The smallest absolute Gasteiger partial charge is 0.289 e. The highest BCUT2D eigenvalue weighted by molar-refractivity contribution is 7.89. The lowest BCUT2D eigenvalue weighted by Crippen LogP contribution is -2.40. The number of nitro benzene ring substituents is 1. The van der Waals surface area contributed by atoms with Gasteiger partial charge in [0.15, 0.2) is 4.90 Å². The molecule has 0 spiro atoms. The van der Waals surface area contributed by atoms with Crippen LogP contribution in [0.5, 0.6) is 0 Å². The Hall–Kier alpha value is -1.79. The first-order valence-electron chi connectivity index (χ1n) is 7.71. The number of nitrogens with zero attached hydrogens (tertiary/aromatic N) is 1. The van der Waals surface area contributed by atoms with Gasteiger partial charge in [-0.25, -0.2) is 13.1 Å². The molecule has 0 aliphatic carbocycles. The SMILES string of the molecule is Cl.NC[C@H]1CC[C@@H](C(=O)NCCNS(=O)(=O)c2ccccc2[N+](=O)[O-])O1. The first kappa shape index (κ1) is 22.3. The first-order valence-corrected chi connectivity index (χ1v) is 9.20. The normalized spacial score (nSPS) is 19.6. The van der Waals surface area contributed by atoms with Crippen molar-refractivity contribution in [2.75, 3.05) is 19.6 Å². The number of para-hydroxylation sites is 1. The number of hydrogen-bond donors (Lipinski definition) is 3. The van der Waals surface area contributed by atoms with Crippen LogP contribution in [0.15, 0.2) is 29.2 Å². The van der Waals surface area contributed by atoms with Gasteiger partial charge in [-0.15, -0.1) is 12.4 Å². The number of amides is 1. The van der Waals surface area contributed by atoms with E-state index in [1.165, 1.54) is 12.1 Å². The van der Waals surface area contributed by atoms with E-state index in [2.05, 4.69) is 10.0 Å². The van der Waals surface area contributed by atoms with Crippen molar-refractivity contribution in [1.82, 2.24) is 10.0 Å². The Morgan fingerprint density at radius 3 is 2.62 bits per heavy atom. The zero-order valence-corrected chi connectivity index (χ0v) is 15.4. The van der Waals surface area contributed by atoms with E-state index in [1.807, 2.05) is 0 Å². The summed E-state index contributed by atoms with van der Waals surface area (Å²) in [7, 11) is -4.06. The molecule has 0 unspecified atom stereocenters. The average molecular weight is 409 g/mol. The molecule has 0 radical (unpaired) electrons. The van der Waals surface area contributed by atoms with Crippen molar-refractivity contribution < 1.29 is 22.9 Å². The van der Waals surface area contributed by atoms with Gasteiger partial charge in [0, 0.05) is 25.7 Å². The van der Waals surface area contributed by atoms with Crippen LogP contribution in [0.25, 0.3) is 0 Å². The lowest BCUT2D eigenvalue weighted by atomic mass is 10.2. The maximum atomic E-state index is 12.2. The fourth-order valence-electron chi connectivity index (χ4n) is 2.47. The molecule has 1 fully saturated rings. The average Bonchev–Trinajstić information content (AvgIpc) is 3.08. The van der Waals surface area contributed by atoms with E-state index >= 15 is 0 Å². The zero-order chi connectivity index (χ0) is 18.4. The van der Waals surface area contributed by atoms with Gasteiger partial charge in [0.25, 0.3) is 5.69 Å². The summed E-state index contributed by atoms with van der Waals surface area (Å²) in [6.45, 7) is 0.276. The summed E-state index contributed by atoms with van der Waals surface area (Å²) in [4.78, 5) is 21.6. The minimum Gasteiger partial charge on any atom is -0.364 e. The minimum absolute atomic E-state index is 0. The van der Waals surface area contributed by atoms with E-state index in [0.717, 1.165) is 12.1 Å². The molecule has 1 aliphatic heterocycles. The molecular weight excluding hydrogens is 388 g/mol. The number of nitrogens with one attached hydrogen (secondary N) is 2. The second-order valence-electron chi connectivity index (χ2n) is 5.47. The Bertz CT molecular complexity index is 745. The molecular formula is C14H21ClN4O6S. The molecule has 1 saturated heterocycles. The maximum Gasteiger partial charge on any atom is 0.289 e. The summed E-state index contributed by atoms with van der Waals surface area (Å²) in [5, 5.41) is 13.5. The number of halogens is 1. The highest BCUT2D eigenvalue weighted by Crippen LogP contribution is 2.22. The third-order valence-corrected chi connectivity index (χ3v) is 5.24. The molecule has 10 nitrogen and oxygen atoms in total. The lowest BCUT2D eigenvalue weighted by molar-refractivity contribution is -0.387. The predicted molar refractivity (Wildman–Crippen MR) is 95.5 cm³/mol. The number of ether oxygens (including phenoxy) is 1. The highest BCUT2D eigenvalue weighted by Gasteiger charge is 2.29. The van der Waals surface area contributed by atoms with E-state index in [0.29, 0.717) is 19.4 Å². The van der Waals surface area contributed by atoms with Gasteiger partial charge in [-0.2, -0.15) is 0 Å². The molecule has 26 heavy (non-hydrogen) atoms. The van der Waals surface area contributed by atoms with Crippen LogP contribution in [0.2, 0.25) is 0 Å². The topological polar surface area (TPSA) is 154 Å². The van der Waals surface area contributed by atoms with E-state index in [9.17, 15) is 23.3 Å². The lowest BCUT2D eigenvalue weighted by Gasteiger charge is -2.13. The predicted octanol–water partition coefficient (Wildman–Crippen LogP) is -0.0826. The second-order valence-corrected chi connectivity index (χ2v) is 7.21. The third-order valence-electron chi connectivity index (χ3n) is 3.73. The number of nitrogens with two attached hydrogens (primary N) is 1. The van der Waals surface area contributed by atoms with Crippen LogP contribution >= 0.6 is 12.4 Å². The van der Waals surface area contributed by atoms with Crippen LogP contribution in [0.1, 0.15) is 12.8 Å². The van der Waals surface area contributed by atoms with Crippen molar-refractivity contribution in [3.8, 4) is 0 Å². The fraction of sp³-hybridized carbons (Fsp3) is 0.500. The molecule has 0 bridgehead atoms. The number of hydrogen-bond acceptors (Lipinski definition) is 7. The molecule has 0 saturated carbocycles. The summed E-state index contributed by atoms with van der Waals surface area (Å²) in [6.07, 6.45) is 0.558. The van der Waals surface area contributed by atoms with E-state index in [4.69, 9.17) is 10.5 Å². The van der Waals surface area contributed by atoms with Gasteiger partial charge < -0.3 is 15.8 Å². The summed E-state index contributed by atoms with van der Waals surface area (Å²) in [5.74, 6) is -0.333. The molecule has 146 valence electrons. The maximum absolute atomic E-state index is 12.2. The van der Waals surface area contributed by atoms with Crippen LogP contribution in [-0.4, -0.2) is 51.1 Å². The molecule has 12 heteroatoms. The van der Waals surface area contributed by atoms with E-state index < -0.39 is 31.6 Å². The Morgan fingerprint density at radius 2 is 2.00 bits per heavy atom. The van der Waals surface area contributed by atoms with Crippen LogP contribution in [0.3, 0.4) is 0 Å². The summed E-state index contributed by atoms with van der Waals surface area (Å²) in [5.41, 5.74) is 4.96. The number of nitro groups is 1. The monoisotopic (exact) mass is 408 g/mol. The Morgan fingerprint density at radius 1 is 1.31 bits per heavy atom. The Balaban J connectivity index is 0.00000338. The third kappa shape index (κ3) is 5.61. The molecule has 2 rings (SSSR count). The minimum atomic E-state index is -4.06. The standard InChI is InChI=1S/C14H20N4O6S.ClH/c15-9-10-5-6-12(24-10)14(19)16-7-8-17-25(22,23)13-4-2-1-3-11(13)18(20)21;/h1-4,10,12,17H,5-9,15H2,(H,16,19);1H/t10-,12+;/m1./s1. The van der Waals surface area contributed by atoms with Gasteiger partial charge in [0.1, 0.15) is 6.10 Å². The number of benzene rings is 1.